The predicted octanol–water partition coefficient (Wildman–Crippen LogP) is 5.40. The highest BCUT2D eigenvalue weighted by Gasteiger charge is 2.33. The minimum absolute atomic E-state index is 0.213. The number of imidazole rings is 1. The monoisotopic (exact) mass is 750 g/mol. The standard InChI is InChI=1S/C41H47FN8O5/c1-46(29-16-18-48(19-17-29)33-8-5-9-34-38(33)47(2)41(54)50(34)35-14-15-37(51)44-40(35)53)23-25-10-12-30(13-11-25)49-24-27-21-32(36(55-3)22-31(27)45-49)43-39(52)26-6-4-7-28(42)20-26/h4-9,20-22,24-25,29-30,35H,10-19,23H2,1-3H3,(H,43,52)(H,44,51,53). The van der Waals surface area contributed by atoms with E-state index < -0.39 is 23.7 Å². The highest BCUT2D eigenvalue weighted by atomic mass is 19.1. The number of rotatable bonds is 9. The van der Waals surface area contributed by atoms with E-state index in [0.29, 0.717) is 35.3 Å². The summed E-state index contributed by atoms with van der Waals surface area (Å²) in [5.41, 5.74) is 3.81. The van der Waals surface area contributed by atoms with Gasteiger partial charge >= 0.3 is 5.69 Å². The lowest BCUT2D eigenvalue weighted by atomic mass is 9.85. The van der Waals surface area contributed by atoms with Crippen LogP contribution in [-0.2, 0) is 16.6 Å². The van der Waals surface area contributed by atoms with Crippen LogP contribution in [0.2, 0.25) is 0 Å². The second-order valence-electron chi connectivity index (χ2n) is 15.3. The third kappa shape index (κ3) is 7.10. The van der Waals surface area contributed by atoms with E-state index in [0.717, 1.165) is 80.3 Å². The van der Waals surface area contributed by atoms with Crippen LogP contribution in [0.5, 0.6) is 5.75 Å². The maximum Gasteiger partial charge on any atom is 0.329 e. The summed E-state index contributed by atoms with van der Waals surface area (Å²) in [7, 11) is 5.55. The lowest BCUT2D eigenvalue weighted by Crippen LogP contribution is -2.45. The maximum absolute atomic E-state index is 13.7. The summed E-state index contributed by atoms with van der Waals surface area (Å²) in [5.74, 6) is -0.514. The molecule has 8 rings (SSSR count). The molecule has 0 radical (unpaired) electrons. The molecule has 2 N–H and O–H groups in total. The number of aromatic nitrogens is 4. The molecule has 1 saturated carbocycles. The van der Waals surface area contributed by atoms with Crippen molar-refractivity contribution in [2.24, 2.45) is 13.0 Å². The van der Waals surface area contributed by atoms with Crippen molar-refractivity contribution in [1.29, 1.82) is 0 Å². The number of fused-ring (bicyclic) bond motifs is 2. The summed E-state index contributed by atoms with van der Waals surface area (Å²) >= 11 is 0. The number of carbonyl (C=O) groups excluding carboxylic acids is 3. The van der Waals surface area contributed by atoms with Gasteiger partial charge in [-0.1, -0.05) is 12.1 Å². The number of nitrogens with one attached hydrogen (secondary N) is 2. The Morgan fingerprint density at radius 1 is 1.00 bits per heavy atom. The topological polar surface area (TPSA) is 136 Å². The highest BCUT2D eigenvalue weighted by Crippen LogP contribution is 2.37. The van der Waals surface area contributed by atoms with Crippen molar-refractivity contribution in [3.05, 3.63) is 82.7 Å². The molecule has 0 bridgehead atoms. The van der Waals surface area contributed by atoms with Gasteiger partial charge in [-0.05, 0) is 94.3 Å². The van der Waals surface area contributed by atoms with Crippen LogP contribution < -0.4 is 26.0 Å². The van der Waals surface area contributed by atoms with Gasteiger partial charge in [0.05, 0.1) is 41.1 Å². The molecule has 3 aliphatic rings. The molecule has 3 aromatic carbocycles. The zero-order valence-corrected chi connectivity index (χ0v) is 31.5. The van der Waals surface area contributed by atoms with E-state index in [9.17, 15) is 23.6 Å². The van der Waals surface area contributed by atoms with Gasteiger partial charge in [-0.3, -0.25) is 33.5 Å². The van der Waals surface area contributed by atoms with Gasteiger partial charge in [-0.15, -0.1) is 0 Å². The number of piperidine rings is 2. The molecule has 13 nitrogen and oxygen atoms in total. The number of methoxy groups -OCH3 is 1. The van der Waals surface area contributed by atoms with Crippen molar-refractivity contribution in [3.63, 3.8) is 0 Å². The van der Waals surface area contributed by atoms with Gasteiger partial charge in [-0.25, -0.2) is 9.18 Å². The summed E-state index contributed by atoms with van der Waals surface area (Å²) in [6.07, 6.45) is 8.89. The molecule has 2 aliphatic heterocycles. The Hall–Kier alpha value is -5.50. The van der Waals surface area contributed by atoms with Crippen molar-refractivity contribution in [1.82, 2.24) is 29.1 Å². The summed E-state index contributed by atoms with van der Waals surface area (Å²) in [6.45, 7) is 2.78. The molecule has 288 valence electrons. The van der Waals surface area contributed by atoms with Crippen molar-refractivity contribution in [2.45, 2.75) is 69.5 Å². The Morgan fingerprint density at radius 2 is 1.76 bits per heavy atom. The number of benzene rings is 3. The van der Waals surface area contributed by atoms with Crippen molar-refractivity contribution >= 4 is 51.0 Å². The van der Waals surface area contributed by atoms with Crippen LogP contribution in [0.25, 0.3) is 21.9 Å². The van der Waals surface area contributed by atoms with E-state index in [2.05, 4.69) is 38.2 Å². The minimum atomic E-state index is -0.703. The molecule has 3 fully saturated rings. The zero-order valence-electron chi connectivity index (χ0n) is 31.5. The number of para-hydroxylation sites is 1. The first-order valence-electron chi connectivity index (χ1n) is 19.2. The number of nitrogens with zero attached hydrogens (tertiary/aromatic N) is 6. The first kappa shape index (κ1) is 36.5. The summed E-state index contributed by atoms with van der Waals surface area (Å²) in [5, 5.41) is 11.1. The number of anilines is 2. The number of hydrogen-bond donors (Lipinski definition) is 2. The number of imide groups is 1. The van der Waals surface area contributed by atoms with E-state index >= 15 is 0 Å². The van der Waals surface area contributed by atoms with Gasteiger partial charge in [0.15, 0.2) is 0 Å². The van der Waals surface area contributed by atoms with Gasteiger partial charge in [0.2, 0.25) is 11.8 Å². The number of aryl methyl sites for hydroxylation is 1. The second kappa shape index (κ2) is 15.0. The van der Waals surface area contributed by atoms with Crippen molar-refractivity contribution in [3.8, 4) is 5.75 Å². The summed E-state index contributed by atoms with van der Waals surface area (Å²) < 4.78 is 24.5. The average Bonchev–Trinajstić information content (AvgIpc) is 3.72. The molecule has 1 atom stereocenters. The van der Waals surface area contributed by atoms with Crippen molar-refractivity contribution < 1.29 is 23.5 Å². The van der Waals surface area contributed by atoms with Gasteiger partial charge in [-0.2, -0.15) is 5.10 Å². The Morgan fingerprint density at radius 3 is 2.49 bits per heavy atom. The molecule has 1 aliphatic carbocycles. The van der Waals surface area contributed by atoms with Crippen LogP contribution in [-0.4, -0.2) is 81.4 Å². The van der Waals surface area contributed by atoms with Crippen LogP contribution in [0.15, 0.2) is 65.6 Å². The van der Waals surface area contributed by atoms with Gasteiger partial charge in [0, 0.05) is 62.4 Å². The molecule has 2 aromatic heterocycles. The second-order valence-corrected chi connectivity index (χ2v) is 15.3. The fourth-order valence-corrected chi connectivity index (χ4v) is 8.95. The number of carbonyl (C=O) groups is 3. The molecule has 1 unspecified atom stereocenters. The Kier molecular flexibility index (Phi) is 9.93. The SMILES string of the molecule is COc1cc2nn(C3CCC(CN(C)C4CCN(c5cccc6c5n(C)c(=O)n6C5CCC(=O)NC5=O)CC4)CC3)cc2cc1NC(=O)c1cccc(F)c1. The Bertz CT molecular complexity index is 2330. The van der Waals surface area contributed by atoms with Crippen LogP contribution in [0, 0.1) is 11.7 Å². The summed E-state index contributed by atoms with van der Waals surface area (Å²) in [4.78, 5) is 55.7. The largest absolute Gasteiger partial charge is 0.494 e. The van der Waals surface area contributed by atoms with E-state index in [1.807, 2.05) is 30.5 Å². The van der Waals surface area contributed by atoms with Gasteiger partial charge in [0.25, 0.3) is 5.91 Å². The quantitative estimate of drug-likeness (QED) is 0.191. The minimum Gasteiger partial charge on any atom is -0.494 e. The Balaban J connectivity index is 0.867. The van der Waals surface area contributed by atoms with Crippen LogP contribution >= 0.6 is 0 Å². The van der Waals surface area contributed by atoms with E-state index in [1.54, 1.807) is 29.4 Å². The lowest BCUT2D eigenvalue weighted by Gasteiger charge is -2.40. The number of hydrogen-bond acceptors (Lipinski definition) is 8. The van der Waals surface area contributed by atoms with E-state index in [-0.39, 0.29) is 29.6 Å². The smallest absolute Gasteiger partial charge is 0.329 e. The fourth-order valence-electron chi connectivity index (χ4n) is 8.95. The van der Waals surface area contributed by atoms with Crippen LogP contribution in [0.4, 0.5) is 15.8 Å². The highest BCUT2D eigenvalue weighted by molar-refractivity contribution is 6.06. The number of amides is 3. The van der Waals surface area contributed by atoms with E-state index in [1.165, 1.54) is 18.2 Å². The maximum atomic E-state index is 13.7. The molecule has 4 heterocycles. The molecule has 14 heteroatoms. The number of ether oxygens (including phenoxy) is 1. The third-order valence-electron chi connectivity index (χ3n) is 11.9. The predicted molar refractivity (Wildman–Crippen MR) is 208 cm³/mol. The molecular formula is C41H47FN8O5. The Labute approximate surface area is 318 Å². The molecule has 0 spiro atoms. The first-order chi connectivity index (χ1) is 26.6. The van der Waals surface area contributed by atoms with Gasteiger partial charge in [0.1, 0.15) is 17.6 Å². The molecule has 3 amide bonds. The average molecular weight is 751 g/mol. The molecule has 55 heavy (non-hydrogen) atoms. The fraction of sp³-hybridized carbons (Fsp3) is 0.439. The van der Waals surface area contributed by atoms with E-state index in [4.69, 9.17) is 9.84 Å². The normalized spacial score (nSPS) is 21.0. The van der Waals surface area contributed by atoms with Gasteiger partial charge < -0.3 is 19.9 Å². The molecular weight excluding hydrogens is 704 g/mol. The molecule has 5 aromatic rings. The van der Waals surface area contributed by atoms with Crippen LogP contribution in [0.3, 0.4) is 0 Å². The first-order valence-corrected chi connectivity index (χ1v) is 19.2. The number of halogens is 1. The molecule has 2 saturated heterocycles. The van der Waals surface area contributed by atoms with Crippen LogP contribution in [0.1, 0.15) is 73.8 Å². The zero-order chi connectivity index (χ0) is 38.4. The van der Waals surface area contributed by atoms with Crippen molar-refractivity contribution in [2.75, 3.05) is 44.0 Å². The summed E-state index contributed by atoms with van der Waals surface area (Å²) in [6, 6.07) is 15.2. The third-order valence-corrected chi connectivity index (χ3v) is 11.9. The lowest BCUT2D eigenvalue weighted by molar-refractivity contribution is -0.135.